The molecule has 0 bridgehead atoms. The van der Waals surface area contributed by atoms with Gasteiger partial charge in [-0.1, -0.05) is 12.1 Å². The molecule has 0 atom stereocenters. The number of nitro groups is 1. The number of thiophene rings is 1. The number of rotatable bonds is 10. The van der Waals surface area contributed by atoms with Gasteiger partial charge < -0.3 is 10.1 Å². The van der Waals surface area contributed by atoms with Crippen molar-refractivity contribution >= 4 is 17.0 Å². The number of benzene rings is 1. The van der Waals surface area contributed by atoms with Gasteiger partial charge in [0.15, 0.2) is 0 Å². The van der Waals surface area contributed by atoms with Gasteiger partial charge in [0.2, 0.25) is 0 Å². The minimum absolute atomic E-state index is 0.159. The zero-order valence-corrected chi connectivity index (χ0v) is 14.1. The fourth-order valence-corrected chi connectivity index (χ4v) is 3.36. The lowest BCUT2D eigenvalue weighted by Crippen LogP contribution is -2.13. The summed E-state index contributed by atoms with van der Waals surface area (Å²) in [6.45, 7) is 2.60. The summed E-state index contributed by atoms with van der Waals surface area (Å²) in [7, 11) is 1.73. The molecule has 23 heavy (non-hydrogen) atoms. The van der Waals surface area contributed by atoms with Gasteiger partial charge in [-0.25, -0.2) is 0 Å². The largest absolute Gasteiger partial charge is 0.385 e. The summed E-state index contributed by atoms with van der Waals surface area (Å²) in [6.07, 6.45) is 3.39. The molecule has 0 aliphatic carbocycles. The van der Waals surface area contributed by atoms with Gasteiger partial charge in [0.25, 0.3) is 5.69 Å². The Bertz CT molecular complexity index is 628. The van der Waals surface area contributed by atoms with E-state index in [1.807, 2.05) is 18.2 Å². The van der Waals surface area contributed by atoms with Crippen LogP contribution in [0.1, 0.15) is 24.1 Å². The molecule has 0 spiro atoms. The van der Waals surface area contributed by atoms with Gasteiger partial charge in [-0.05, 0) is 44.0 Å². The third-order valence-corrected chi connectivity index (χ3v) is 4.65. The van der Waals surface area contributed by atoms with Crippen molar-refractivity contribution in [2.24, 2.45) is 0 Å². The van der Waals surface area contributed by atoms with E-state index in [1.54, 1.807) is 36.6 Å². The summed E-state index contributed by atoms with van der Waals surface area (Å²) in [5, 5.41) is 14.5. The summed E-state index contributed by atoms with van der Waals surface area (Å²) in [5.74, 6) is 0. The number of nitrogens with zero attached hydrogens (tertiary/aromatic N) is 1. The van der Waals surface area contributed by atoms with Crippen molar-refractivity contribution in [2.75, 3.05) is 20.3 Å². The Kier molecular flexibility index (Phi) is 7.19. The lowest BCUT2D eigenvalue weighted by atomic mass is 10.1. The Hall–Kier alpha value is -1.76. The molecule has 0 fully saturated rings. The minimum Gasteiger partial charge on any atom is -0.385 e. The van der Waals surface area contributed by atoms with Gasteiger partial charge in [-0.2, -0.15) is 0 Å². The number of ether oxygens (including phenoxy) is 1. The van der Waals surface area contributed by atoms with Gasteiger partial charge in [-0.3, -0.25) is 10.1 Å². The van der Waals surface area contributed by atoms with E-state index >= 15 is 0 Å². The summed E-state index contributed by atoms with van der Waals surface area (Å²) in [6, 6.07) is 10.9. The number of methoxy groups -OCH3 is 1. The Labute approximate surface area is 140 Å². The second-order valence-corrected chi connectivity index (χ2v) is 6.44. The number of unbranched alkanes of at least 4 members (excludes halogenated alkanes) is 2. The highest BCUT2D eigenvalue weighted by atomic mass is 32.1. The molecule has 2 rings (SSSR count). The first kappa shape index (κ1) is 17.6. The molecule has 0 saturated heterocycles. The van der Waals surface area contributed by atoms with E-state index in [-0.39, 0.29) is 10.6 Å². The lowest BCUT2D eigenvalue weighted by molar-refractivity contribution is -0.384. The molecule has 0 unspecified atom stereocenters. The van der Waals surface area contributed by atoms with Crippen molar-refractivity contribution in [3.8, 4) is 10.4 Å². The molecule has 2 aromatic rings. The molecule has 1 aromatic carbocycles. The van der Waals surface area contributed by atoms with Crippen molar-refractivity contribution in [1.29, 1.82) is 0 Å². The van der Waals surface area contributed by atoms with Crippen LogP contribution < -0.4 is 5.32 Å². The fraction of sp³-hybridized carbons (Fsp3) is 0.412. The Morgan fingerprint density at radius 3 is 2.78 bits per heavy atom. The standard InChI is InChI=1S/C17H22N2O3S/c1-22-12-6-2-5-11-18-13-14-9-10-17(23-14)15-7-3-4-8-16(15)19(20)21/h3-4,7-10,18H,2,5-6,11-13H2,1H3. The maximum absolute atomic E-state index is 11.1. The van der Waals surface area contributed by atoms with E-state index in [0.717, 1.165) is 43.8 Å². The van der Waals surface area contributed by atoms with E-state index in [4.69, 9.17) is 4.74 Å². The van der Waals surface area contributed by atoms with E-state index in [1.165, 1.54) is 4.88 Å². The first-order valence-corrected chi connectivity index (χ1v) is 8.56. The number of nitrogens with one attached hydrogen (secondary N) is 1. The first-order valence-electron chi connectivity index (χ1n) is 7.74. The van der Waals surface area contributed by atoms with Gasteiger partial charge in [0, 0.05) is 36.1 Å². The van der Waals surface area contributed by atoms with Gasteiger partial charge in [0.1, 0.15) is 0 Å². The third kappa shape index (κ3) is 5.42. The number of hydrogen-bond acceptors (Lipinski definition) is 5. The first-order chi connectivity index (χ1) is 11.2. The molecule has 0 aliphatic rings. The molecule has 6 heteroatoms. The van der Waals surface area contributed by atoms with E-state index in [0.29, 0.717) is 5.56 Å². The van der Waals surface area contributed by atoms with Gasteiger partial charge in [0.05, 0.1) is 10.5 Å². The van der Waals surface area contributed by atoms with Crippen molar-refractivity contribution < 1.29 is 9.66 Å². The highest BCUT2D eigenvalue weighted by Crippen LogP contribution is 2.34. The Balaban J connectivity index is 1.85. The molecule has 1 heterocycles. The van der Waals surface area contributed by atoms with Crippen LogP contribution in [0.5, 0.6) is 0 Å². The maximum atomic E-state index is 11.1. The van der Waals surface area contributed by atoms with E-state index in [9.17, 15) is 10.1 Å². The molecule has 1 aromatic heterocycles. The van der Waals surface area contributed by atoms with Crippen LogP contribution in [0.15, 0.2) is 36.4 Å². The van der Waals surface area contributed by atoms with E-state index in [2.05, 4.69) is 5.32 Å². The summed E-state index contributed by atoms with van der Waals surface area (Å²) in [5.41, 5.74) is 0.848. The zero-order chi connectivity index (χ0) is 16.5. The predicted molar refractivity (Wildman–Crippen MR) is 93.8 cm³/mol. The van der Waals surface area contributed by atoms with Crippen molar-refractivity contribution in [2.45, 2.75) is 25.8 Å². The maximum Gasteiger partial charge on any atom is 0.278 e. The van der Waals surface area contributed by atoms with Crippen molar-refractivity contribution in [3.63, 3.8) is 0 Å². The van der Waals surface area contributed by atoms with Crippen LogP contribution in [0.3, 0.4) is 0 Å². The topological polar surface area (TPSA) is 64.4 Å². The summed E-state index contributed by atoms with van der Waals surface area (Å²) < 4.78 is 5.02. The molecule has 124 valence electrons. The van der Waals surface area contributed by atoms with E-state index < -0.39 is 0 Å². The molecular formula is C17H22N2O3S. The average molecular weight is 334 g/mol. The monoisotopic (exact) mass is 334 g/mol. The van der Waals surface area contributed by atoms with Crippen LogP contribution in [0.2, 0.25) is 0 Å². The third-order valence-electron chi connectivity index (χ3n) is 3.53. The summed E-state index contributed by atoms with van der Waals surface area (Å²) in [4.78, 5) is 12.9. The molecule has 0 amide bonds. The van der Waals surface area contributed by atoms with Gasteiger partial charge >= 0.3 is 0 Å². The highest BCUT2D eigenvalue weighted by Gasteiger charge is 2.15. The predicted octanol–water partition coefficient (Wildman–Crippen LogP) is 4.23. The molecule has 0 saturated carbocycles. The molecule has 0 radical (unpaired) electrons. The van der Waals surface area contributed by atoms with Crippen LogP contribution >= 0.6 is 11.3 Å². The van der Waals surface area contributed by atoms with Crippen molar-refractivity contribution in [1.82, 2.24) is 5.32 Å². The Morgan fingerprint density at radius 1 is 1.17 bits per heavy atom. The van der Waals surface area contributed by atoms with Crippen LogP contribution in [-0.4, -0.2) is 25.2 Å². The minimum atomic E-state index is -0.326. The zero-order valence-electron chi connectivity index (χ0n) is 13.3. The smallest absolute Gasteiger partial charge is 0.278 e. The number of hydrogen-bond donors (Lipinski definition) is 1. The average Bonchev–Trinajstić information content (AvgIpc) is 3.03. The molecule has 5 nitrogen and oxygen atoms in total. The second-order valence-electron chi connectivity index (χ2n) is 5.27. The quantitative estimate of drug-likeness (QED) is 0.401. The molecule has 1 N–H and O–H groups in total. The Morgan fingerprint density at radius 2 is 2.00 bits per heavy atom. The van der Waals surface area contributed by atoms with Crippen LogP contribution in [0, 0.1) is 10.1 Å². The second kappa shape index (κ2) is 9.39. The molecule has 0 aliphatic heterocycles. The van der Waals surface area contributed by atoms with Gasteiger partial charge in [-0.15, -0.1) is 11.3 Å². The van der Waals surface area contributed by atoms with Crippen molar-refractivity contribution in [3.05, 3.63) is 51.4 Å². The fourth-order valence-electron chi connectivity index (χ4n) is 2.34. The number of nitro benzene ring substituents is 1. The highest BCUT2D eigenvalue weighted by molar-refractivity contribution is 7.15. The summed E-state index contributed by atoms with van der Waals surface area (Å²) >= 11 is 1.60. The SMILES string of the molecule is COCCCCCNCc1ccc(-c2ccccc2[N+](=O)[O-])s1. The lowest BCUT2D eigenvalue weighted by Gasteiger charge is -2.03. The van der Waals surface area contributed by atoms with Crippen LogP contribution in [-0.2, 0) is 11.3 Å². The number of para-hydroxylation sites is 1. The molecular weight excluding hydrogens is 312 g/mol. The van der Waals surface area contributed by atoms with Crippen LogP contribution in [0.25, 0.3) is 10.4 Å². The van der Waals surface area contributed by atoms with Crippen LogP contribution in [0.4, 0.5) is 5.69 Å². The normalized spacial score (nSPS) is 10.8.